The van der Waals surface area contributed by atoms with Gasteiger partial charge in [0.15, 0.2) is 11.8 Å². The van der Waals surface area contributed by atoms with E-state index in [1.54, 1.807) is 7.11 Å². The fourth-order valence-corrected chi connectivity index (χ4v) is 4.02. The van der Waals surface area contributed by atoms with Gasteiger partial charge in [-0.3, -0.25) is 0 Å². The Morgan fingerprint density at radius 3 is 2.59 bits per heavy atom. The van der Waals surface area contributed by atoms with E-state index < -0.39 is 0 Å². The molecule has 1 unspecified atom stereocenters. The molecule has 1 atom stereocenters. The number of halogens is 1. The van der Waals surface area contributed by atoms with Gasteiger partial charge in [-0.2, -0.15) is 0 Å². The van der Waals surface area contributed by atoms with Crippen LogP contribution in [0, 0.1) is 12.8 Å². The van der Waals surface area contributed by atoms with Crippen molar-refractivity contribution in [1.82, 2.24) is 25.4 Å². The summed E-state index contributed by atoms with van der Waals surface area (Å²) in [6, 6.07) is 12.5. The predicted molar refractivity (Wildman–Crippen MR) is 142 cm³/mol. The molecule has 9 heteroatoms. The lowest BCUT2D eigenvalue weighted by molar-refractivity contribution is 0.414. The van der Waals surface area contributed by atoms with E-state index in [0.29, 0.717) is 12.5 Å². The van der Waals surface area contributed by atoms with Gasteiger partial charge in [-0.25, -0.2) is 4.99 Å². The first-order valence-electron chi connectivity index (χ1n) is 10.6. The minimum absolute atomic E-state index is 0. The molecule has 0 aliphatic heterocycles. The van der Waals surface area contributed by atoms with Gasteiger partial charge in [0.2, 0.25) is 0 Å². The highest BCUT2D eigenvalue weighted by molar-refractivity contribution is 14.0. The molecule has 0 radical (unpaired) electrons. The van der Waals surface area contributed by atoms with Gasteiger partial charge in [-0.05, 0) is 54.8 Å². The zero-order chi connectivity index (χ0) is 22.1. The van der Waals surface area contributed by atoms with Crippen LogP contribution in [0.3, 0.4) is 0 Å². The lowest BCUT2D eigenvalue weighted by atomic mass is 10.1. The number of nitrogens with one attached hydrogen (secondary N) is 2. The molecule has 0 amide bonds. The van der Waals surface area contributed by atoms with Crippen molar-refractivity contribution in [1.29, 1.82) is 0 Å². The smallest absolute Gasteiger partial charge is 0.191 e. The molecular weight excluding hydrogens is 535 g/mol. The van der Waals surface area contributed by atoms with Crippen molar-refractivity contribution >= 4 is 41.3 Å². The van der Waals surface area contributed by atoms with Crippen LogP contribution in [-0.4, -0.2) is 40.9 Å². The number of guanidine groups is 1. The number of thiophene rings is 1. The van der Waals surface area contributed by atoms with Crippen molar-refractivity contribution in [2.75, 3.05) is 20.2 Å². The Morgan fingerprint density at radius 2 is 1.97 bits per heavy atom. The third kappa shape index (κ3) is 8.09. The molecule has 3 aromatic rings. The number of hydrogen-bond acceptors (Lipinski definition) is 5. The van der Waals surface area contributed by atoms with Crippen LogP contribution in [0.5, 0.6) is 5.75 Å². The average molecular weight is 569 g/mol. The number of rotatable bonds is 10. The molecule has 0 fully saturated rings. The zero-order valence-corrected chi connectivity index (χ0v) is 22.3. The second kappa shape index (κ2) is 13.4. The van der Waals surface area contributed by atoms with Crippen LogP contribution < -0.4 is 15.4 Å². The third-order valence-electron chi connectivity index (χ3n) is 5.17. The monoisotopic (exact) mass is 568 g/mol. The summed E-state index contributed by atoms with van der Waals surface area (Å²) in [4.78, 5) is 6.16. The maximum atomic E-state index is 5.23. The Kier molecular flexibility index (Phi) is 10.9. The zero-order valence-electron chi connectivity index (χ0n) is 19.2. The van der Waals surface area contributed by atoms with Crippen molar-refractivity contribution in [3.8, 4) is 5.75 Å². The molecule has 0 spiro atoms. The molecule has 32 heavy (non-hydrogen) atoms. The van der Waals surface area contributed by atoms with Gasteiger partial charge in [0.05, 0.1) is 7.11 Å². The maximum absolute atomic E-state index is 5.23. The molecule has 0 saturated heterocycles. The maximum Gasteiger partial charge on any atom is 0.191 e. The molecule has 0 saturated carbocycles. The van der Waals surface area contributed by atoms with Gasteiger partial charge in [0.25, 0.3) is 0 Å². The Hall–Kier alpha value is -2.14. The molecule has 0 aliphatic rings. The van der Waals surface area contributed by atoms with Gasteiger partial charge < -0.3 is 19.9 Å². The topological polar surface area (TPSA) is 76.4 Å². The number of benzene rings is 1. The number of methoxy groups -OCH3 is 1. The fourth-order valence-electron chi connectivity index (χ4n) is 3.15. The lowest BCUT2D eigenvalue weighted by Gasteiger charge is -2.16. The largest absolute Gasteiger partial charge is 0.497 e. The Morgan fingerprint density at radius 1 is 1.19 bits per heavy atom. The summed E-state index contributed by atoms with van der Waals surface area (Å²) in [6.07, 6.45) is 1.96. The van der Waals surface area contributed by atoms with Gasteiger partial charge in [0, 0.05) is 25.0 Å². The van der Waals surface area contributed by atoms with E-state index in [2.05, 4.69) is 57.4 Å². The minimum Gasteiger partial charge on any atom is -0.497 e. The summed E-state index contributed by atoms with van der Waals surface area (Å²) in [7, 11) is 3.65. The van der Waals surface area contributed by atoms with Gasteiger partial charge in [-0.15, -0.1) is 45.5 Å². The number of ether oxygens (including phenoxy) is 1. The molecule has 0 aliphatic carbocycles. The Labute approximate surface area is 211 Å². The standard InChI is InChI=1S/C23H32N6OS.HI/c1-17(14-21-6-5-13-31-21)15-25-23(26-16-22-28-27-18(2)29(22)3)24-12-11-19-7-9-20(30-4)10-8-19;/h5-10,13,17H,11-12,14-16H2,1-4H3,(H2,24,25,26);1H. The molecule has 2 aromatic heterocycles. The first-order valence-corrected chi connectivity index (χ1v) is 11.5. The quantitative estimate of drug-likeness (QED) is 0.220. The average Bonchev–Trinajstić information content (AvgIpc) is 3.40. The number of aryl methyl sites for hydroxylation is 1. The van der Waals surface area contributed by atoms with E-state index in [4.69, 9.17) is 9.73 Å². The van der Waals surface area contributed by atoms with Crippen molar-refractivity contribution < 1.29 is 4.74 Å². The van der Waals surface area contributed by atoms with E-state index in [9.17, 15) is 0 Å². The van der Waals surface area contributed by atoms with Crippen molar-refractivity contribution in [3.05, 3.63) is 63.9 Å². The summed E-state index contributed by atoms with van der Waals surface area (Å²) in [6.45, 7) is 6.32. The van der Waals surface area contributed by atoms with E-state index in [1.807, 2.05) is 42.0 Å². The van der Waals surface area contributed by atoms with E-state index >= 15 is 0 Å². The number of aliphatic imine (C=N–C) groups is 1. The van der Waals surface area contributed by atoms with Crippen LogP contribution in [0.1, 0.15) is 29.0 Å². The van der Waals surface area contributed by atoms with Crippen LogP contribution in [0.25, 0.3) is 0 Å². The lowest BCUT2D eigenvalue weighted by Crippen LogP contribution is -2.40. The summed E-state index contributed by atoms with van der Waals surface area (Å²) in [5.41, 5.74) is 1.25. The van der Waals surface area contributed by atoms with Gasteiger partial charge in [-0.1, -0.05) is 25.1 Å². The minimum atomic E-state index is 0. The summed E-state index contributed by atoms with van der Waals surface area (Å²) < 4.78 is 7.20. The summed E-state index contributed by atoms with van der Waals surface area (Å²) >= 11 is 1.81. The van der Waals surface area contributed by atoms with Crippen molar-refractivity contribution in [2.24, 2.45) is 18.0 Å². The number of nitrogens with zero attached hydrogens (tertiary/aromatic N) is 4. The van der Waals surface area contributed by atoms with Crippen LogP contribution in [-0.2, 0) is 26.4 Å². The first-order chi connectivity index (χ1) is 15.0. The van der Waals surface area contributed by atoms with Gasteiger partial charge in [0.1, 0.15) is 18.1 Å². The van der Waals surface area contributed by atoms with E-state index in [0.717, 1.165) is 49.3 Å². The van der Waals surface area contributed by atoms with E-state index in [1.165, 1.54) is 10.4 Å². The van der Waals surface area contributed by atoms with Crippen molar-refractivity contribution in [3.63, 3.8) is 0 Å². The number of hydrogen-bond donors (Lipinski definition) is 2. The normalized spacial score (nSPS) is 12.2. The summed E-state index contributed by atoms with van der Waals surface area (Å²) in [5.74, 6) is 3.91. The number of aromatic nitrogens is 3. The third-order valence-corrected chi connectivity index (χ3v) is 6.07. The van der Waals surface area contributed by atoms with Crippen LogP contribution in [0.2, 0.25) is 0 Å². The second-order valence-corrected chi connectivity index (χ2v) is 8.71. The predicted octanol–water partition coefficient (Wildman–Crippen LogP) is 3.97. The van der Waals surface area contributed by atoms with Crippen molar-refractivity contribution in [2.45, 2.75) is 33.2 Å². The molecule has 174 valence electrons. The molecule has 1 aromatic carbocycles. The molecule has 0 bridgehead atoms. The highest BCUT2D eigenvalue weighted by Crippen LogP contribution is 2.14. The molecule has 2 heterocycles. The molecule has 3 rings (SSSR count). The Bertz CT molecular complexity index is 956. The van der Waals surface area contributed by atoms with Crippen LogP contribution >= 0.6 is 35.3 Å². The Balaban J connectivity index is 0.00000363. The first kappa shape index (κ1) is 26.1. The fraction of sp³-hybridized carbons (Fsp3) is 0.435. The molecule has 7 nitrogen and oxygen atoms in total. The summed E-state index contributed by atoms with van der Waals surface area (Å²) in [5, 5.41) is 17.4. The van der Waals surface area contributed by atoms with Crippen LogP contribution in [0.4, 0.5) is 0 Å². The van der Waals surface area contributed by atoms with Gasteiger partial charge >= 0.3 is 0 Å². The SMILES string of the molecule is COc1ccc(CCNC(=NCc2nnc(C)n2C)NCC(C)Cc2cccs2)cc1.I. The molecule has 2 N–H and O–H groups in total. The van der Waals surface area contributed by atoms with Crippen LogP contribution in [0.15, 0.2) is 46.8 Å². The second-order valence-electron chi connectivity index (χ2n) is 7.68. The van der Waals surface area contributed by atoms with E-state index in [-0.39, 0.29) is 24.0 Å². The highest BCUT2D eigenvalue weighted by atomic mass is 127. The molecular formula is C23H33IN6OS. The highest BCUT2D eigenvalue weighted by Gasteiger charge is 2.08.